The summed E-state index contributed by atoms with van der Waals surface area (Å²) in [6.07, 6.45) is 0. The molecule has 0 N–H and O–H groups in total. The molecule has 0 spiro atoms. The number of nitrogens with zero attached hydrogens (tertiary/aromatic N) is 2. The maximum atomic E-state index is 2.64. The fourth-order valence-corrected chi connectivity index (χ4v) is 16.6. The maximum absolute atomic E-state index is 2.64. The molecule has 0 radical (unpaired) electrons. The predicted octanol–water partition coefficient (Wildman–Crippen LogP) is 19.4. The van der Waals surface area contributed by atoms with E-state index in [1.807, 2.05) is 13.8 Å². The molecule has 2 aliphatic rings. The predicted molar refractivity (Wildman–Crippen MR) is 345 cm³/mol. The first-order valence-corrected chi connectivity index (χ1v) is 30.1. The van der Waals surface area contributed by atoms with Crippen molar-refractivity contribution in [3.8, 4) is 39.1 Å². The van der Waals surface area contributed by atoms with Gasteiger partial charge in [0.1, 0.15) is 0 Å². The van der Waals surface area contributed by atoms with Crippen LogP contribution in [-0.4, -0.2) is 11.3 Å². The van der Waals surface area contributed by atoms with Gasteiger partial charge in [0.05, 0.1) is 5.52 Å². The molecule has 0 atom stereocenters. The molecule has 2 nitrogen and oxygen atoms in total. The van der Waals surface area contributed by atoms with Gasteiger partial charge in [0.2, 0.25) is 0 Å². The van der Waals surface area contributed by atoms with Gasteiger partial charge in [0.15, 0.2) is 0 Å². The van der Waals surface area contributed by atoms with Gasteiger partial charge in [-0.1, -0.05) is 219 Å². The molecule has 0 amide bonds. The zero-order chi connectivity index (χ0) is 54.9. The Morgan fingerprint density at radius 3 is 1.39 bits per heavy atom. The van der Waals surface area contributed by atoms with E-state index in [2.05, 4.69) is 312 Å². The number of hydrogen-bond acceptors (Lipinski definition) is 1. The van der Waals surface area contributed by atoms with E-state index in [1.165, 1.54) is 119 Å². The molecule has 0 fully saturated rings. The highest BCUT2D eigenvalue weighted by molar-refractivity contribution is 8.34. The van der Waals surface area contributed by atoms with Crippen molar-refractivity contribution in [1.82, 2.24) is 4.57 Å². The average Bonchev–Trinajstić information content (AvgIpc) is 3.91. The molecule has 4 heteroatoms. The molecule has 0 saturated carbocycles. The van der Waals surface area contributed by atoms with Gasteiger partial charge < -0.3 is 9.47 Å². The summed E-state index contributed by atoms with van der Waals surface area (Å²) < 4.78 is 2.64. The summed E-state index contributed by atoms with van der Waals surface area (Å²) in [5, 5.41) is 2.57. The van der Waals surface area contributed by atoms with E-state index >= 15 is 0 Å². The second-order valence-electron chi connectivity index (χ2n) is 23.4. The topological polar surface area (TPSA) is 8.17 Å². The van der Waals surface area contributed by atoms with Crippen LogP contribution in [-0.2, 0) is 10.8 Å². The Bertz CT molecular complexity index is 4150. The third-order valence-electron chi connectivity index (χ3n) is 16.6. The highest BCUT2D eigenvalue weighted by Crippen LogP contribution is 2.73. The van der Waals surface area contributed by atoms with E-state index in [-0.39, 0.29) is 17.5 Å². The SMILES string of the molecule is CC.CC(C)(C)c1ccc(N2c3ccc(-c4ccccc4)cc3B3c4c2cc(-c2cccc(S(c5ccccc5)(c5ccccc5)c5ccccc5)c2)cc4-n2c4ccc(C(C)(C)C)cc4c4cc(-c5ccccc5)cc3c42)cc1. The Kier molecular flexibility index (Phi) is 12.7. The molecule has 11 aromatic carbocycles. The second-order valence-corrected chi connectivity index (χ2v) is 26.5. The molecule has 0 bridgehead atoms. The first kappa shape index (κ1) is 50.9. The summed E-state index contributed by atoms with van der Waals surface area (Å²) in [5.74, 6) is 0. The molecular formula is C76H67BN2S. The molecule has 14 rings (SSSR count). The lowest BCUT2D eigenvalue weighted by Gasteiger charge is -2.42. The molecule has 0 unspecified atom stereocenters. The quantitative estimate of drug-likeness (QED) is 0.138. The number of rotatable bonds is 8. The van der Waals surface area contributed by atoms with Crippen LogP contribution in [0.1, 0.15) is 66.5 Å². The van der Waals surface area contributed by atoms with E-state index in [4.69, 9.17) is 0 Å². The summed E-state index contributed by atoms with van der Waals surface area (Å²) in [4.78, 5) is 7.80. The van der Waals surface area contributed by atoms with Gasteiger partial charge in [-0.3, -0.25) is 0 Å². The van der Waals surface area contributed by atoms with Crippen LogP contribution in [0.2, 0.25) is 0 Å². The van der Waals surface area contributed by atoms with Gasteiger partial charge >= 0.3 is 0 Å². The Labute approximate surface area is 475 Å². The van der Waals surface area contributed by atoms with Crippen molar-refractivity contribution in [1.29, 1.82) is 0 Å². The fraction of sp³-hybridized carbons (Fsp3) is 0.132. The Morgan fingerprint density at radius 2 is 0.812 bits per heavy atom. The molecule has 0 aliphatic carbocycles. The minimum atomic E-state index is -1.96. The van der Waals surface area contributed by atoms with Crippen LogP contribution >= 0.6 is 10.0 Å². The number of aromatic nitrogens is 1. The fourth-order valence-electron chi connectivity index (χ4n) is 12.7. The van der Waals surface area contributed by atoms with Gasteiger partial charge in [-0.15, -0.1) is 10.0 Å². The van der Waals surface area contributed by atoms with Crippen molar-refractivity contribution in [3.05, 3.63) is 272 Å². The minimum Gasteiger partial charge on any atom is -0.311 e. The lowest BCUT2D eigenvalue weighted by molar-refractivity contribution is 0.590. The number of fused-ring (bicyclic) bond motifs is 7. The van der Waals surface area contributed by atoms with Gasteiger partial charge in [0.25, 0.3) is 6.71 Å². The van der Waals surface area contributed by atoms with Crippen molar-refractivity contribution >= 4 is 72.0 Å². The summed E-state index contributed by atoms with van der Waals surface area (Å²) in [6, 6.07) is 99.1. The van der Waals surface area contributed by atoms with Crippen LogP contribution in [0, 0.1) is 0 Å². The lowest BCUT2D eigenvalue weighted by atomic mass is 9.33. The first-order chi connectivity index (χ1) is 38.9. The average molecular weight is 1050 g/mol. The molecular weight excluding hydrogens is 984 g/mol. The molecule has 1 aromatic heterocycles. The van der Waals surface area contributed by atoms with E-state index in [0.29, 0.717) is 0 Å². The van der Waals surface area contributed by atoms with Crippen LogP contribution in [0.3, 0.4) is 0 Å². The highest BCUT2D eigenvalue weighted by Gasteiger charge is 2.43. The third-order valence-corrected chi connectivity index (χ3v) is 20.5. The summed E-state index contributed by atoms with van der Waals surface area (Å²) >= 11 is 0. The maximum Gasteiger partial charge on any atom is 0.252 e. The molecule has 12 aromatic rings. The first-order valence-electron chi connectivity index (χ1n) is 28.5. The minimum absolute atomic E-state index is 0.00243. The van der Waals surface area contributed by atoms with Crippen molar-refractivity contribution < 1.29 is 0 Å². The molecule has 2 aliphatic heterocycles. The summed E-state index contributed by atoms with van der Waals surface area (Å²) in [5.41, 5.74) is 21.1. The largest absolute Gasteiger partial charge is 0.311 e. The smallest absolute Gasteiger partial charge is 0.252 e. The van der Waals surface area contributed by atoms with Crippen molar-refractivity contribution in [2.24, 2.45) is 0 Å². The normalized spacial score (nSPS) is 12.9. The van der Waals surface area contributed by atoms with E-state index < -0.39 is 10.0 Å². The molecule has 390 valence electrons. The summed E-state index contributed by atoms with van der Waals surface area (Å²) in [6.45, 7) is 17.8. The van der Waals surface area contributed by atoms with Crippen LogP contribution in [0.5, 0.6) is 0 Å². The third kappa shape index (κ3) is 8.34. The highest BCUT2D eigenvalue weighted by atomic mass is 32.3. The standard InChI is InChI=1S/C74H61BN2S.C2H6/c1-73(2,3)56-36-39-58(40-37-56)76-68-41-35-53(50-23-12-7-13-24-50)45-65(68)75-66-46-54(51-25-14-8-15-26-51)44-64-63-49-57(74(4,5)6)38-42-67(63)77(72(64)66)70-48-55(47-69(76)71(70)75)52-27-22-34-62(43-52)78(59-28-16-9-17-29-59,60-30-18-10-19-31-60)61-32-20-11-21-33-61;1-2/h7-49H,1-6H3;1-2H3. The van der Waals surface area contributed by atoms with Gasteiger partial charge in [-0.25, -0.2) is 0 Å². The molecule has 80 heavy (non-hydrogen) atoms. The van der Waals surface area contributed by atoms with Crippen LogP contribution in [0.15, 0.2) is 280 Å². The monoisotopic (exact) mass is 1050 g/mol. The van der Waals surface area contributed by atoms with Gasteiger partial charge in [0, 0.05) is 58.6 Å². The van der Waals surface area contributed by atoms with E-state index in [1.54, 1.807) is 0 Å². The lowest BCUT2D eigenvalue weighted by Crippen LogP contribution is -2.60. The molecule has 3 heterocycles. The van der Waals surface area contributed by atoms with Crippen LogP contribution in [0.25, 0.3) is 60.9 Å². The second kappa shape index (κ2) is 20.0. The number of hydrogen-bond donors (Lipinski definition) is 0. The summed E-state index contributed by atoms with van der Waals surface area (Å²) in [7, 11) is -1.96. The zero-order valence-electron chi connectivity index (χ0n) is 47.2. The van der Waals surface area contributed by atoms with Crippen LogP contribution in [0.4, 0.5) is 17.1 Å². The Morgan fingerprint density at radius 1 is 0.338 bits per heavy atom. The Hall–Kier alpha value is -8.57. The van der Waals surface area contributed by atoms with E-state index in [9.17, 15) is 0 Å². The zero-order valence-corrected chi connectivity index (χ0v) is 48.0. The van der Waals surface area contributed by atoms with Crippen molar-refractivity contribution in [2.45, 2.75) is 85.8 Å². The number of anilines is 3. The van der Waals surface area contributed by atoms with E-state index in [0.717, 1.165) is 5.69 Å². The van der Waals surface area contributed by atoms with Gasteiger partial charge in [-0.05, 0) is 169 Å². The number of benzene rings is 11. The molecule has 0 saturated heterocycles. The van der Waals surface area contributed by atoms with Crippen molar-refractivity contribution in [2.75, 3.05) is 4.90 Å². The van der Waals surface area contributed by atoms with Crippen LogP contribution < -0.4 is 21.3 Å². The Balaban J connectivity index is 0.00000299. The van der Waals surface area contributed by atoms with Crippen molar-refractivity contribution in [3.63, 3.8) is 0 Å². The van der Waals surface area contributed by atoms with Gasteiger partial charge in [-0.2, -0.15) is 0 Å².